The van der Waals surface area contributed by atoms with E-state index in [0.29, 0.717) is 33.1 Å². The summed E-state index contributed by atoms with van der Waals surface area (Å²) >= 11 is 11.9. The maximum absolute atomic E-state index is 12.0. The number of ether oxygens (including phenoxy) is 2. The molecule has 0 atom stereocenters. The van der Waals surface area contributed by atoms with Crippen LogP contribution in [0.4, 0.5) is 0 Å². The van der Waals surface area contributed by atoms with Gasteiger partial charge in [0.05, 0.1) is 22.7 Å². The van der Waals surface area contributed by atoms with E-state index in [1.807, 2.05) is 6.07 Å². The van der Waals surface area contributed by atoms with Crippen LogP contribution in [-0.2, 0) is 11.2 Å². The highest BCUT2D eigenvalue weighted by molar-refractivity contribution is 6.42. The molecule has 6 nitrogen and oxygen atoms in total. The SMILES string of the molecule is O=C(Cc1ccc2c(c1)OCO2)N/N=C\c1ccc(-c2ccc(Cl)c(Cl)c2)o1. The van der Waals surface area contributed by atoms with Gasteiger partial charge < -0.3 is 13.9 Å². The van der Waals surface area contributed by atoms with Gasteiger partial charge in [-0.2, -0.15) is 5.10 Å². The number of nitrogens with one attached hydrogen (secondary N) is 1. The Morgan fingerprint density at radius 2 is 1.89 bits per heavy atom. The summed E-state index contributed by atoms with van der Waals surface area (Å²) in [7, 11) is 0. The van der Waals surface area contributed by atoms with Crippen molar-refractivity contribution in [1.82, 2.24) is 5.43 Å². The Morgan fingerprint density at radius 3 is 2.75 bits per heavy atom. The second-order valence-electron chi connectivity index (χ2n) is 5.99. The fourth-order valence-electron chi connectivity index (χ4n) is 2.67. The van der Waals surface area contributed by atoms with Crippen LogP contribution >= 0.6 is 23.2 Å². The number of amides is 1. The average molecular weight is 417 g/mol. The Labute approximate surface area is 170 Å². The number of hydrogen-bond donors (Lipinski definition) is 1. The first-order valence-electron chi connectivity index (χ1n) is 8.34. The number of carbonyl (C=O) groups is 1. The summed E-state index contributed by atoms with van der Waals surface area (Å²) in [5, 5.41) is 4.85. The predicted octanol–water partition coefficient (Wildman–Crippen LogP) is 4.67. The van der Waals surface area contributed by atoms with Gasteiger partial charge >= 0.3 is 0 Å². The van der Waals surface area contributed by atoms with Crippen molar-refractivity contribution in [1.29, 1.82) is 0 Å². The number of halogens is 2. The maximum Gasteiger partial charge on any atom is 0.244 e. The highest BCUT2D eigenvalue weighted by Crippen LogP contribution is 2.32. The topological polar surface area (TPSA) is 73.1 Å². The summed E-state index contributed by atoms with van der Waals surface area (Å²) in [6.07, 6.45) is 1.60. The zero-order valence-electron chi connectivity index (χ0n) is 14.4. The van der Waals surface area contributed by atoms with Crippen LogP contribution < -0.4 is 14.9 Å². The van der Waals surface area contributed by atoms with E-state index >= 15 is 0 Å². The van der Waals surface area contributed by atoms with E-state index < -0.39 is 0 Å². The molecule has 4 rings (SSSR count). The van der Waals surface area contributed by atoms with Gasteiger partial charge in [-0.1, -0.05) is 29.3 Å². The standard InChI is InChI=1S/C20H14Cl2N2O4/c21-15-4-2-13(9-16(15)22)17-6-3-14(28-17)10-23-24-20(25)8-12-1-5-18-19(7-12)27-11-26-18/h1-7,9-10H,8,11H2,(H,24,25)/b23-10-. The van der Waals surface area contributed by atoms with Crippen LogP contribution in [0, 0.1) is 0 Å². The Morgan fingerprint density at radius 1 is 1.04 bits per heavy atom. The molecule has 0 radical (unpaired) electrons. The number of nitrogens with zero attached hydrogens (tertiary/aromatic N) is 1. The van der Waals surface area contributed by atoms with Gasteiger partial charge in [-0.25, -0.2) is 5.43 Å². The van der Waals surface area contributed by atoms with Crippen LogP contribution in [0.1, 0.15) is 11.3 Å². The number of fused-ring (bicyclic) bond motifs is 1. The first kappa shape index (κ1) is 18.4. The van der Waals surface area contributed by atoms with E-state index in [4.69, 9.17) is 37.1 Å². The van der Waals surface area contributed by atoms with E-state index in [0.717, 1.165) is 11.1 Å². The highest BCUT2D eigenvalue weighted by Gasteiger charge is 2.14. The van der Waals surface area contributed by atoms with Gasteiger partial charge in [0.15, 0.2) is 11.5 Å². The Bertz CT molecular complexity index is 1060. The van der Waals surface area contributed by atoms with Crippen molar-refractivity contribution < 1.29 is 18.7 Å². The Kier molecular flexibility index (Phi) is 5.23. The molecule has 8 heteroatoms. The fourth-order valence-corrected chi connectivity index (χ4v) is 2.97. The Hall–Kier alpha value is -2.96. The quantitative estimate of drug-likeness (QED) is 0.484. The molecule has 2 aromatic carbocycles. The summed E-state index contributed by atoms with van der Waals surface area (Å²) in [6, 6.07) is 14.1. The van der Waals surface area contributed by atoms with Gasteiger partial charge in [-0.05, 0) is 48.0 Å². The predicted molar refractivity (Wildman–Crippen MR) is 106 cm³/mol. The minimum atomic E-state index is -0.258. The van der Waals surface area contributed by atoms with Crippen LogP contribution in [0.3, 0.4) is 0 Å². The van der Waals surface area contributed by atoms with Crippen LogP contribution in [0.25, 0.3) is 11.3 Å². The number of benzene rings is 2. The molecule has 142 valence electrons. The largest absolute Gasteiger partial charge is 0.455 e. The first-order chi connectivity index (χ1) is 13.6. The first-order valence-corrected chi connectivity index (χ1v) is 9.10. The van der Waals surface area contributed by atoms with Crippen molar-refractivity contribution in [3.8, 4) is 22.8 Å². The van der Waals surface area contributed by atoms with Crippen molar-refractivity contribution in [2.45, 2.75) is 6.42 Å². The molecule has 0 fully saturated rings. The van der Waals surface area contributed by atoms with Crippen molar-refractivity contribution in [3.63, 3.8) is 0 Å². The molecule has 1 aliphatic rings. The molecule has 1 amide bonds. The molecule has 3 aromatic rings. The monoisotopic (exact) mass is 416 g/mol. The third-order valence-corrected chi connectivity index (χ3v) is 4.75. The number of rotatable bonds is 5. The van der Waals surface area contributed by atoms with Gasteiger partial charge in [0.25, 0.3) is 0 Å². The molecule has 0 unspecified atom stereocenters. The third kappa shape index (κ3) is 4.13. The Balaban J connectivity index is 1.35. The third-order valence-electron chi connectivity index (χ3n) is 4.01. The summed E-state index contributed by atoms with van der Waals surface area (Å²) < 4.78 is 16.2. The van der Waals surface area contributed by atoms with E-state index in [1.165, 1.54) is 6.21 Å². The number of furan rings is 1. The van der Waals surface area contributed by atoms with E-state index in [2.05, 4.69) is 10.5 Å². The number of hydrogen-bond acceptors (Lipinski definition) is 5. The minimum Gasteiger partial charge on any atom is -0.455 e. The normalized spacial score (nSPS) is 12.5. The summed E-state index contributed by atoms with van der Waals surface area (Å²) in [5.74, 6) is 2.17. The molecule has 0 saturated carbocycles. The highest BCUT2D eigenvalue weighted by atomic mass is 35.5. The zero-order chi connectivity index (χ0) is 19.5. The molecule has 2 heterocycles. The van der Waals surface area contributed by atoms with Crippen LogP contribution in [0.2, 0.25) is 10.0 Å². The average Bonchev–Trinajstić information content (AvgIpc) is 3.33. The van der Waals surface area contributed by atoms with E-state index in [9.17, 15) is 4.79 Å². The lowest BCUT2D eigenvalue weighted by Gasteiger charge is -2.02. The van der Waals surface area contributed by atoms with E-state index in [1.54, 1.807) is 42.5 Å². The van der Waals surface area contributed by atoms with Crippen molar-refractivity contribution >= 4 is 35.3 Å². The zero-order valence-corrected chi connectivity index (χ0v) is 16.0. The lowest BCUT2D eigenvalue weighted by atomic mass is 10.1. The molecule has 1 aliphatic heterocycles. The van der Waals surface area contributed by atoms with Gasteiger partial charge in [-0.3, -0.25) is 4.79 Å². The molecular formula is C20H14Cl2N2O4. The lowest BCUT2D eigenvalue weighted by molar-refractivity contribution is -0.120. The van der Waals surface area contributed by atoms with Gasteiger partial charge in [-0.15, -0.1) is 0 Å². The molecule has 0 saturated heterocycles. The van der Waals surface area contributed by atoms with E-state index in [-0.39, 0.29) is 19.1 Å². The molecule has 1 aromatic heterocycles. The molecule has 0 spiro atoms. The summed E-state index contributed by atoms with van der Waals surface area (Å²) in [6.45, 7) is 0.197. The van der Waals surface area contributed by atoms with Crippen molar-refractivity contribution in [2.75, 3.05) is 6.79 Å². The van der Waals surface area contributed by atoms with Crippen molar-refractivity contribution in [3.05, 3.63) is 69.9 Å². The maximum atomic E-state index is 12.0. The summed E-state index contributed by atoms with van der Waals surface area (Å²) in [5.41, 5.74) is 4.07. The smallest absolute Gasteiger partial charge is 0.244 e. The second kappa shape index (κ2) is 7.96. The minimum absolute atomic E-state index is 0.167. The number of hydrazone groups is 1. The van der Waals surface area contributed by atoms with Gasteiger partial charge in [0.2, 0.25) is 12.7 Å². The van der Waals surface area contributed by atoms with Crippen LogP contribution in [-0.4, -0.2) is 18.9 Å². The van der Waals surface area contributed by atoms with Gasteiger partial charge in [0, 0.05) is 5.56 Å². The fraction of sp³-hybridized carbons (Fsp3) is 0.100. The van der Waals surface area contributed by atoms with Gasteiger partial charge in [0.1, 0.15) is 11.5 Å². The molecule has 0 aliphatic carbocycles. The molecule has 0 bridgehead atoms. The lowest BCUT2D eigenvalue weighted by Crippen LogP contribution is -2.19. The van der Waals surface area contributed by atoms with Crippen molar-refractivity contribution in [2.24, 2.45) is 5.10 Å². The van der Waals surface area contributed by atoms with Crippen LogP contribution in [0.5, 0.6) is 11.5 Å². The molecule has 1 N–H and O–H groups in total. The van der Waals surface area contributed by atoms with Crippen LogP contribution in [0.15, 0.2) is 58.0 Å². The second-order valence-corrected chi connectivity index (χ2v) is 6.80. The molecular weight excluding hydrogens is 403 g/mol. The number of carbonyl (C=O) groups excluding carboxylic acids is 1. The molecule has 28 heavy (non-hydrogen) atoms. The summed E-state index contributed by atoms with van der Waals surface area (Å²) in [4.78, 5) is 12.0.